The van der Waals surface area contributed by atoms with Gasteiger partial charge < -0.3 is 24.7 Å². The Kier molecular flexibility index (Phi) is 27.2. The van der Waals surface area contributed by atoms with Gasteiger partial charge in [0.2, 0.25) is 0 Å². The first-order valence-corrected chi connectivity index (χ1v) is 3.17. The molecule has 4 N–H and O–H groups in total. The van der Waals surface area contributed by atoms with Crippen molar-refractivity contribution in [3.63, 3.8) is 0 Å². The van der Waals surface area contributed by atoms with Crippen LogP contribution >= 0.6 is 0 Å². The molecule has 0 fully saturated rings. The van der Waals surface area contributed by atoms with Crippen LogP contribution in [0.25, 0.3) is 0 Å². The average Bonchev–Trinajstić information content (AvgIpc) is 1.82. The molecular weight excluding hydrogens is 344 g/mol. The van der Waals surface area contributed by atoms with Crippen LogP contribution in [0.5, 0.6) is 0 Å². The number of carbonyl (C=O) groups is 3. The van der Waals surface area contributed by atoms with Crippen molar-refractivity contribution >= 4 is 17.9 Å². The molecule has 0 amide bonds. The van der Waals surface area contributed by atoms with E-state index in [1.807, 2.05) is 0 Å². The summed E-state index contributed by atoms with van der Waals surface area (Å²) in [7, 11) is 0. The number of hydrogen-bond acceptors (Lipinski definition) is 4. The van der Waals surface area contributed by atoms with Crippen molar-refractivity contribution in [3.05, 3.63) is 0 Å². The van der Waals surface area contributed by atoms with Crippen LogP contribution in [0.4, 0.5) is 0 Å². The van der Waals surface area contributed by atoms with Crippen LogP contribution < -0.4 is 88.7 Å². The van der Waals surface area contributed by atoms with Crippen molar-refractivity contribution in [2.75, 3.05) is 0 Å². The Morgan fingerprint density at radius 1 is 0.882 bits per heavy atom. The zero-order valence-corrected chi connectivity index (χ0v) is 18.4. The van der Waals surface area contributed by atoms with Gasteiger partial charge in [0, 0.05) is 26.2 Å². The van der Waals surface area contributed by atoms with Gasteiger partial charge in [-0.05, 0) is 0 Å². The number of aliphatic carboxylic acids is 3. The molecule has 17 heavy (non-hydrogen) atoms. The summed E-state index contributed by atoms with van der Waals surface area (Å²) in [6, 6.07) is 0. The van der Waals surface area contributed by atoms with Crippen LogP contribution in [0.2, 0.25) is 0 Å². The summed E-state index contributed by atoms with van der Waals surface area (Å²) in [5, 5.41) is 33.8. The summed E-state index contributed by atoms with van der Waals surface area (Å²) in [6.45, 7) is 0. The summed E-state index contributed by atoms with van der Waals surface area (Å²) in [5.74, 6) is -5.02. The maximum Gasteiger partial charge on any atom is 1.00 e. The topological polar surface area (TPSA) is 132 Å². The number of rotatable bonds is 5. The third-order valence-electron chi connectivity index (χ3n) is 1.29. The fraction of sp³-hybridized carbons (Fsp3) is 0.500. The molecule has 11 heteroatoms. The summed E-state index contributed by atoms with van der Waals surface area (Å²) in [5.41, 5.74) is -2.74. The molecule has 0 spiro atoms. The smallest absolute Gasteiger partial charge is 1.00 e. The Morgan fingerprint density at radius 2 is 1.12 bits per heavy atom. The zero-order chi connectivity index (χ0) is 10.6. The predicted octanol–water partition coefficient (Wildman–Crippen LogP) is -9.90. The normalized spacial score (nSPS) is 8.29. The van der Waals surface area contributed by atoms with Gasteiger partial charge in [-0.1, -0.05) is 0 Å². The monoisotopic (exact) mass is 354 g/mol. The molecule has 0 saturated heterocycles. The molecule has 0 aromatic carbocycles. The van der Waals surface area contributed by atoms with Crippen LogP contribution in [0.15, 0.2) is 0 Å². The molecule has 0 radical (unpaired) electrons. The van der Waals surface area contributed by atoms with Gasteiger partial charge in [-0.3, -0.25) is 9.59 Å². The van der Waals surface area contributed by atoms with Crippen molar-refractivity contribution in [3.8, 4) is 0 Å². The van der Waals surface area contributed by atoms with Crippen molar-refractivity contribution in [1.82, 2.24) is 0 Å². The Bertz CT molecular complexity index is 256. The van der Waals surface area contributed by atoms with Gasteiger partial charge >= 0.3 is 107 Å². The van der Waals surface area contributed by atoms with Gasteiger partial charge in [0.15, 0.2) is 5.60 Å². The largest absolute Gasteiger partial charge is 1.00 e. The molecule has 0 aliphatic carbocycles. The first-order chi connectivity index (χ1) is 5.78. The Hall–Kier alpha value is 2.25. The minimum Gasteiger partial charge on any atom is -1.00 e. The fourth-order valence-corrected chi connectivity index (χ4v) is 0.714. The molecule has 0 heterocycles. The Labute approximate surface area is 187 Å². The van der Waals surface area contributed by atoms with E-state index < -0.39 is 36.4 Å². The molecule has 0 bridgehead atoms. The van der Waals surface area contributed by atoms with Crippen molar-refractivity contribution in [2.45, 2.75) is 18.4 Å². The van der Waals surface area contributed by atoms with E-state index in [1.54, 1.807) is 0 Å². The second kappa shape index (κ2) is 14.7. The van der Waals surface area contributed by atoms with Gasteiger partial charge in [0.1, 0.15) is 0 Å². The zero-order valence-electron chi connectivity index (χ0n) is 12.9. The van der Waals surface area contributed by atoms with Crippen LogP contribution in [-0.4, -0.2) is 43.9 Å². The molecule has 0 unspecified atom stereocenters. The van der Waals surface area contributed by atoms with E-state index in [2.05, 4.69) is 0 Å². The van der Waals surface area contributed by atoms with Crippen LogP contribution in [0.1, 0.15) is 17.1 Å². The predicted molar refractivity (Wildman–Crippen MR) is 40.4 cm³/mol. The maximum absolute atomic E-state index is 10.3. The summed E-state index contributed by atoms with van der Waals surface area (Å²) < 4.78 is 0. The summed E-state index contributed by atoms with van der Waals surface area (Å²) in [4.78, 5) is 30.5. The van der Waals surface area contributed by atoms with E-state index in [0.717, 1.165) is 0 Å². The third-order valence-corrected chi connectivity index (χ3v) is 1.29. The number of carboxylic acids is 3. The standard InChI is InChI=1S/C6H8O7.3Na.Zr.3H/c7-3(8)1-6(13,5(11)12)2-4(9)10;;;;;;;/h13H,1-2H2,(H,7,8)(H,9,10)(H,11,12);;;;;;;/q;3*+1;;3*-1. The molecule has 84 valence electrons. The van der Waals surface area contributed by atoms with Gasteiger partial charge in [0.05, 0.1) is 12.8 Å². The summed E-state index contributed by atoms with van der Waals surface area (Å²) in [6.07, 6.45) is -2.29. The number of hydrogen-bond donors (Lipinski definition) is 4. The fourth-order valence-electron chi connectivity index (χ4n) is 0.714. The molecule has 0 saturated carbocycles. The van der Waals surface area contributed by atoms with Crippen LogP contribution in [-0.2, 0) is 40.6 Å². The second-order valence-electron chi connectivity index (χ2n) is 2.48. The maximum atomic E-state index is 10.3. The molecule has 0 aromatic rings. The number of carboxylic acid groups (broad SMARTS) is 3. The molecule has 0 atom stereocenters. The van der Waals surface area contributed by atoms with Gasteiger partial charge in [0.25, 0.3) is 0 Å². The van der Waals surface area contributed by atoms with E-state index in [1.165, 1.54) is 0 Å². The van der Waals surface area contributed by atoms with E-state index in [-0.39, 0.29) is 119 Å². The van der Waals surface area contributed by atoms with Gasteiger partial charge in [-0.15, -0.1) is 0 Å². The molecule has 0 aromatic heterocycles. The van der Waals surface area contributed by atoms with E-state index in [9.17, 15) is 14.4 Å². The summed E-state index contributed by atoms with van der Waals surface area (Å²) >= 11 is 0. The molecular formula is C6H11Na3O7Zr. The molecule has 0 aliphatic heterocycles. The van der Waals surface area contributed by atoms with Crippen molar-refractivity contribution in [2.24, 2.45) is 0 Å². The minimum atomic E-state index is -2.74. The van der Waals surface area contributed by atoms with E-state index in [0.29, 0.717) is 0 Å². The van der Waals surface area contributed by atoms with Crippen molar-refractivity contribution in [1.29, 1.82) is 0 Å². The SMILES string of the molecule is O=C(O)CC(O)(CC(=O)O)C(=O)O.[H-].[H-].[H-].[Na+].[Na+].[Na+].[Zr]. The first-order valence-electron chi connectivity index (χ1n) is 3.17. The Morgan fingerprint density at radius 3 is 1.24 bits per heavy atom. The molecule has 0 rings (SSSR count). The van der Waals surface area contributed by atoms with E-state index in [4.69, 9.17) is 20.4 Å². The van der Waals surface area contributed by atoms with Crippen LogP contribution in [0, 0.1) is 0 Å². The number of aliphatic hydroxyl groups is 1. The third kappa shape index (κ3) is 14.5. The minimum absolute atomic E-state index is 0. The molecule has 0 aliphatic rings. The second-order valence-corrected chi connectivity index (χ2v) is 2.48. The van der Waals surface area contributed by atoms with E-state index >= 15 is 0 Å². The van der Waals surface area contributed by atoms with Crippen LogP contribution in [0.3, 0.4) is 0 Å². The Balaban J connectivity index is -0.0000000343. The van der Waals surface area contributed by atoms with Gasteiger partial charge in [-0.2, -0.15) is 0 Å². The average molecular weight is 355 g/mol. The molecule has 7 nitrogen and oxygen atoms in total. The first kappa shape index (κ1) is 31.6. The van der Waals surface area contributed by atoms with Gasteiger partial charge in [-0.25, -0.2) is 4.79 Å². The van der Waals surface area contributed by atoms with Crippen molar-refractivity contribution < 1.29 is 154 Å². The quantitative estimate of drug-likeness (QED) is 0.360.